The van der Waals surface area contributed by atoms with Gasteiger partial charge in [0, 0.05) is 19.3 Å². The highest BCUT2D eigenvalue weighted by atomic mass is 35.5. The van der Waals surface area contributed by atoms with Crippen molar-refractivity contribution in [2.24, 2.45) is 5.41 Å². The van der Waals surface area contributed by atoms with Gasteiger partial charge in [-0.3, -0.25) is 0 Å². The van der Waals surface area contributed by atoms with Crippen LogP contribution in [-0.4, -0.2) is 18.1 Å². The van der Waals surface area contributed by atoms with Crippen LogP contribution in [0.3, 0.4) is 0 Å². The van der Waals surface area contributed by atoms with Crippen molar-refractivity contribution < 1.29 is 0 Å². The SMILES string of the molecule is CCC1(C)CCN(c2ncc(Cl)cc2N)CC1. The number of halogens is 1. The Labute approximate surface area is 108 Å². The maximum Gasteiger partial charge on any atom is 0.151 e. The number of pyridine rings is 1. The van der Waals surface area contributed by atoms with E-state index in [-0.39, 0.29) is 0 Å². The van der Waals surface area contributed by atoms with Crippen LogP contribution in [0.25, 0.3) is 0 Å². The van der Waals surface area contributed by atoms with Gasteiger partial charge in [0.25, 0.3) is 0 Å². The van der Waals surface area contributed by atoms with Crippen LogP contribution in [-0.2, 0) is 0 Å². The molecule has 4 heteroatoms. The first-order valence-corrected chi connectivity index (χ1v) is 6.58. The predicted octanol–water partition coefficient (Wildman–Crippen LogP) is 3.33. The summed E-state index contributed by atoms with van der Waals surface area (Å²) in [6.07, 6.45) is 5.31. The van der Waals surface area contributed by atoms with Crippen molar-refractivity contribution in [3.63, 3.8) is 0 Å². The molecule has 0 spiro atoms. The third kappa shape index (κ3) is 2.65. The molecule has 2 rings (SSSR count). The summed E-state index contributed by atoms with van der Waals surface area (Å²) in [4.78, 5) is 6.61. The second kappa shape index (κ2) is 4.73. The van der Waals surface area contributed by atoms with Gasteiger partial charge in [-0.25, -0.2) is 4.98 Å². The van der Waals surface area contributed by atoms with Gasteiger partial charge in [-0.1, -0.05) is 31.9 Å². The second-order valence-corrected chi connectivity index (χ2v) is 5.65. The minimum absolute atomic E-state index is 0.484. The highest BCUT2D eigenvalue weighted by Crippen LogP contribution is 2.36. The third-order valence-corrected chi connectivity index (χ3v) is 4.19. The Morgan fingerprint density at radius 1 is 1.47 bits per heavy atom. The zero-order valence-corrected chi connectivity index (χ0v) is 11.3. The summed E-state index contributed by atoms with van der Waals surface area (Å²) in [5, 5.41) is 0.599. The van der Waals surface area contributed by atoms with Gasteiger partial charge in [0.2, 0.25) is 0 Å². The van der Waals surface area contributed by atoms with E-state index in [0.717, 1.165) is 18.9 Å². The molecule has 1 aliphatic heterocycles. The summed E-state index contributed by atoms with van der Waals surface area (Å²) in [6, 6.07) is 1.78. The van der Waals surface area contributed by atoms with E-state index in [0.29, 0.717) is 16.1 Å². The molecule has 0 unspecified atom stereocenters. The minimum Gasteiger partial charge on any atom is -0.396 e. The maximum atomic E-state index is 5.96. The van der Waals surface area contributed by atoms with Crippen LogP contribution in [0, 0.1) is 5.41 Å². The van der Waals surface area contributed by atoms with Crippen LogP contribution < -0.4 is 10.6 Å². The molecule has 1 aromatic rings. The zero-order valence-electron chi connectivity index (χ0n) is 10.5. The van der Waals surface area contributed by atoms with Gasteiger partial charge in [0.1, 0.15) is 0 Å². The molecule has 0 amide bonds. The number of hydrogen-bond acceptors (Lipinski definition) is 3. The fraction of sp³-hybridized carbons (Fsp3) is 0.615. The van der Waals surface area contributed by atoms with E-state index in [2.05, 4.69) is 23.7 Å². The fourth-order valence-corrected chi connectivity index (χ4v) is 2.49. The molecule has 0 aromatic carbocycles. The normalized spacial score (nSPS) is 19.4. The van der Waals surface area contributed by atoms with Crippen LogP contribution in [0.1, 0.15) is 33.1 Å². The molecule has 1 aromatic heterocycles. The fourth-order valence-electron chi connectivity index (χ4n) is 2.32. The van der Waals surface area contributed by atoms with Crippen molar-refractivity contribution in [1.29, 1.82) is 0 Å². The lowest BCUT2D eigenvalue weighted by atomic mass is 9.78. The number of anilines is 2. The number of aromatic nitrogens is 1. The molecule has 0 aliphatic carbocycles. The Hall–Kier alpha value is -0.960. The molecule has 0 saturated carbocycles. The number of nitrogens with two attached hydrogens (primary N) is 1. The molecule has 2 N–H and O–H groups in total. The standard InChI is InChI=1S/C13H20ClN3/c1-3-13(2)4-6-17(7-5-13)12-11(15)8-10(14)9-16-12/h8-9H,3-7,15H2,1-2H3. The van der Waals surface area contributed by atoms with E-state index >= 15 is 0 Å². The van der Waals surface area contributed by atoms with E-state index in [1.165, 1.54) is 19.3 Å². The Balaban J connectivity index is 2.10. The number of nitrogens with zero attached hydrogens (tertiary/aromatic N) is 2. The summed E-state index contributed by atoms with van der Waals surface area (Å²) in [5.41, 5.74) is 7.13. The van der Waals surface area contributed by atoms with Gasteiger partial charge in [0.15, 0.2) is 5.82 Å². The van der Waals surface area contributed by atoms with Gasteiger partial charge < -0.3 is 10.6 Å². The van der Waals surface area contributed by atoms with Gasteiger partial charge in [-0.15, -0.1) is 0 Å². The van der Waals surface area contributed by atoms with Crippen LogP contribution in [0.4, 0.5) is 11.5 Å². The van der Waals surface area contributed by atoms with Crippen LogP contribution in [0.2, 0.25) is 5.02 Å². The molecular formula is C13H20ClN3. The molecular weight excluding hydrogens is 234 g/mol. The third-order valence-electron chi connectivity index (χ3n) is 3.99. The number of nitrogen functional groups attached to an aromatic ring is 1. The number of hydrogen-bond donors (Lipinski definition) is 1. The van der Waals surface area contributed by atoms with Crippen LogP contribution in [0.5, 0.6) is 0 Å². The van der Waals surface area contributed by atoms with E-state index in [9.17, 15) is 0 Å². The van der Waals surface area contributed by atoms with E-state index in [4.69, 9.17) is 17.3 Å². The van der Waals surface area contributed by atoms with E-state index < -0.39 is 0 Å². The minimum atomic E-state index is 0.484. The monoisotopic (exact) mass is 253 g/mol. The Morgan fingerprint density at radius 2 is 2.12 bits per heavy atom. The first-order chi connectivity index (χ1) is 8.04. The summed E-state index contributed by atoms with van der Waals surface area (Å²) < 4.78 is 0. The lowest BCUT2D eigenvalue weighted by Crippen LogP contribution is -2.39. The summed E-state index contributed by atoms with van der Waals surface area (Å²) in [7, 11) is 0. The topological polar surface area (TPSA) is 42.2 Å². The Kier molecular flexibility index (Phi) is 3.48. The van der Waals surface area contributed by atoms with Crippen molar-refractivity contribution in [3.8, 4) is 0 Å². The second-order valence-electron chi connectivity index (χ2n) is 5.22. The van der Waals surface area contributed by atoms with Crippen LogP contribution >= 0.6 is 11.6 Å². The van der Waals surface area contributed by atoms with Crippen molar-refractivity contribution in [2.45, 2.75) is 33.1 Å². The largest absolute Gasteiger partial charge is 0.396 e. The highest BCUT2D eigenvalue weighted by molar-refractivity contribution is 6.30. The van der Waals surface area contributed by atoms with Gasteiger partial charge in [0.05, 0.1) is 10.7 Å². The molecule has 2 heterocycles. The summed E-state index contributed by atoms with van der Waals surface area (Å²) in [6.45, 7) is 6.69. The van der Waals surface area contributed by atoms with Gasteiger partial charge >= 0.3 is 0 Å². The Bertz CT molecular complexity index is 398. The first kappa shape index (κ1) is 12.5. The van der Waals surface area contributed by atoms with Crippen molar-refractivity contribution in [1.82, 2.24) is 4.98 Å². The maximum absolute atomic E-state index is 5.96. The van der Waals surface area contributed by atoms with Gasteiger partial charge in [-0.2, -0.15) is 0 Å². The van der Waals surface area contributed by atoms with Gasteiger partial charge in [-0.05, 0) is 24.3 Å². The molecule has 0 radical (unpaired) electrons. The van der Waals surface area contributed by atoms with Crippen molar-refractivity contribution in [2.75, 3.05) is 23.7 Å². The number of rotatable bonds is 2. The predicted molar refractivity (Wildman–Crippen MR) is 73.5 cm³/mol. The molecule has 1 aliphatic rings. The zero-order chi connectivity index (χ0) is 12.5. The Morgan fingerprint density at radius 3 is 2.65 bits per heavy atom. The molecule has 1 saturated heterocycles. The summed E-state index contributed by atoms with van der Waals surface area (Å²) in [5.74, 6) is 0.882. The molecule has 17 heavy (non-hydrogen) atoms. The lowest BCUT2D eigenvalue weighted by Gasteiger charge is -2.39. The first-order valence-electron chi connectivity index (χ1n) is 6.20. The van der Waals surface area contributed by atoms with E-state index in [1.807, 2.05) is 0 Å². The smallest absolute Gasteiger partial charge is 0.151 e. The molecule has 1 fully saturated rings. The average molecular weight is 254 g/mol. The quantitative estimate of drug-likeness (QED) is 0.879. The van der Waals surface area contributed by atoms with E-state index in [1.54, 1.807) is 12.3 Å². The highest BCUT2D eigenvalue weighted by Gasteiger charge is 2.29. The molecule has 0 bridgehead atoms. The number of piperidine rings is 1. The molecule has 0 atom stereocenters. The average Bonchev–Trinajstić information content (AvgIpc) is 2.31. The molecule has 3 nitrogen and oxygen atoms in total. The van der Waals surface area contributed by atoms with Crippen molar-refractivity contribution >= 4 is 23.1 Å². The van der Waals surface area contributed by atoms with Crippen LogP contribution in [0.15, 0.2) is 12.3 Å². The molecule has 94 valence electrons. The summed E-state index contributed by atoms with van der Waals surface area (Å²) >= 11 is 5.86. The lowest BCUT2D eigenvalue weighted by molar-refractivity contribution is 0.238. The van der Waals surface area contributed by atoms with Crippen molar-refractivity contribution in [3.05, 3.63) is 17.3 Å².